The molecule has 3 rings (SSSR count). The van der Waals surface area contributed by atoms with Crippen LogP contribution in [0.5, 0.6) is 0 Å². The van der Waals surface area contributed by atoms with Gasteiger partial charge in [-0.1, -0.05) is 25.1 Å². The molecule has 0 atom stereocenters. The molecule has 0 radical (unpaired) electrons. The summed E-state index contributed by atoms with van der Waals surface area (Å²) >= 11 is 0. The van der Waals surface area contributed by atoms with Crippen LogP contribution in [0.2, 0.25) is 0 Å². The van der Waals surface area contributed by atoms with Crippen LogP contribution in [0.4, 0.5) is 11.4 Å². The summed E-state index contributed by atoms with van der Waals surface area (Å²) in [6.07, 6.45) is 2.17. The van der Waals surface area contributed by atoms with Crippen LogP contribution in [0.15, 0.2) is 41.3 Å². The minimum atomic E-state index is -3.80. The molecule has 1 aliphatic rings. The number of sulfonamides is 2. The molecule has 28 heavy (non-hydrogen) atoms. The lowest BCUT2D eigenvalue weighted by Crippen LogP contribution is -2.38. The molecule has 1 aliphatic heterocycles. The maximum atomic E-state index is 13.1. The van der Waals surface area contributed by atoms with Crippen molar-refractivity contribution in [3.05, 3.63) is 53.1 Å². The maximum Gasteiger partial charge on any atom is 0.262 e. The number of hydrogen-bond acceptors (Lipinski definition) is 4. The molecule has 0 unspecified atom stereocenters. The third-order valence-electron chi connectivity index (χ3n) is 4.99. The number of anilines is 2. The highest BCUT2D eigenvalue weighted by atomic mass is 32.2. The van der Waals surface area contributed by atoms with E-state index < -0.39 is 20.0 Å². The third kappa shape index (κ3) is 4.03. The van der Waals surface area contributed by atoms with Gasteiger partial charge in [-0.05, 0) is 68.0 Å². The second-order valence-electron chi connectivity index (χ2n) is 7.12. The Bertz CT molecular complexity index is 1070. The van der Waals surface area contributed by atoms with Crippen molar-refractivity contribution < 1.29 is 16.8 Å². The lowest BCUT2D eigenvalue weighted by atomic mass is 10.1. The Kier molecular flexibility index (Phi) is 5.72. The molecule has 2 aromatic rings. The highest BCUT2D eigenvalue weighted by Crippen LogP contribution is 2.31. The molecular weight excluding hydrogens is 396 g/mol. The fraction of sp³-hybridized carbons (Fsp3) is 0.400. The maximum absolute atomic E-state index is 13.1. The zero-order chi connectivity index (χ0) is 20.5. The van der Waals surface area contributed by atoms with Gasteiger partial charge in [0.1, 0.15) is 0 Å². The fourth-order valence-corrected chi connectivity index (χ4v) is 6.88. The molecule has 0 amide bonds. The van der Waals surface area contributed by atoms with Crippen LogP contribution in [0, 0.1) is 13.8 Å². The van der Waals surface area contributed by atoms with Crippen LogP contribution < -0.4 is 9.03 Å². The molecule has 0 aliphatic carbocycles. The van der Waals surface area contributed by atoms with Gasteiger partial charge < -0.3 is 0 Å². The van der Waals surface area contributed by atoms with E-state index in [0.29, 0.717) is 41.9 Å². The normalized spacial score (nSPS) is 16.8. The second kappa shape index (κ2) is 7.75. The predicted octanol–water partition coefficient (Wildman–Crippen LogP) is 3.60. The van der Waals surface area contributed by atoms with E-state index in [2.05, 4.69) is 4.72 Å². The Morgan fingerprint density at radius 3 is 2.32 bits per heavy atom. The van der Waals surface area contributed by atoms with E-state index in [1.807, 2.05) is 19.1 Å². The highest BCUT2D eigenvalue weighted by Gasteiger charge is 2.28. The van der Waals surface area contributed by atoms with Crippen LogP contribution in [0.1, 0.15) is 36.5 Å². The van der Waals surface area contributed by atoms with E-state index in [1.54, 1.807) is 38.1 Å². The fourth-order valence-electron chi connectivity index (χ4n) is 3.70. The van der Waals surface area contributed by atoms with Gasteiger partial charge in [0.25, 0.3) is 10.0 Å². The monoisotopic (exact) mass is 422 g/mol. The van der Waals surface area contributed by atoms with E-state index in [0.717, 1.165) is 12.0 Å². The summed E-state index contributed by atoms with van der Waals surface area (Å²) in [6, 6.07) is 10.6. The number of nitrogens with zero attached hydrogens (tertiary/aromatic N) is 1. The minimum Gasteiger partial charge on any atom is -0.279 e. The van der Waals surface area contributed by atoms with Crippen molar-refractivity contribution in [1.29, 1.82) is 0 Å². The molecule has 1 fully saturated rings. The van der Waals surface area contributed by atoms with Crippen LogP contribution in [-0.2, 0) is 26.5 Å². The molecule has 0 bridgehead atoms. The van der Waals surface area contributed by atoms with Crippen LogP contribution in [-0.4, -0.2) is 29.1 Å². The number of rotatable bonds is 5. The first-order valence-corrected chi connectivity index (χ1v) is 12.5. The van der Waals surface area contributed by atoms with Crippen LogP contribution in [0.25, 0.3) is 0 Å². The summed E-state index contributed by atoms with van der Waals surface area (Å²) < 4.78 is 55.0. The van der Waals surface area contributed by atoms with Gasteiger partial charge in [-0.15, -0.1) is 0 Å². The molecule has 0 spiro atoms. The predicted molar refractivity (Wildman–Crippen MR) is 113 cm³/mol. The largest absolute Gasteiger partial charge is 0.279 e. The Hall–Kier alpha value is -2.06. The molecule has 2 aromatic carbocycles. The van der Waals surface area contributed by atoms with Crippen molar-refractivity contribution >= 4 is 31.4 Å². The molecule has 0 aromatic heterocycles. The van der Waals surface area contributed by atoms with Gasteiger partial charge in [0.15, 0.2) is 0 Å². The van der Waals surface area contributed by atoms with Crippen molar-refractivity contribution in [2.24, 2.45) is 0 Å². The Morgan fingerprint density at radius 1 is 1.07 bits per heavy atom. The zero-order valence-corrected chi connectivity index (χ0v) is 18.0. The van der Waals surface area contributed by atoms with Gasteiger partial charge >= 0.3 is 0 Å². The van der Waals surface area contributed by atoms with Crippen molar-refractivity contribution in [3.63, 3.8) is 0 Å². The van der Waals surface area contributed by atoms with Crippen molar-refractivity contribution in [1.82, 2.24) is 0 Å². The lowest BCUT2D eigenvalue weighted by molar-refractivity contribution is 0.574. The van der Waals surface area contributed by atoms with Gasteiger partial charge in [-0.3, -0.25) is 9.03 Å². The van der Waals surface area contributed by atoms with E-state index >= 15 is 0 Å². The van der Waals surface area contributed by atoms with Gasteiger partial charge in [0.2, 0.25) is 10.0 Å². The molecule has 0 saturated carbocycles. The van der Waals surface area contributed by atoms with Crippen LogP contribution >= 0.6 is 0 Å². The number of para-hydroxylation sites is 1. The quantitative estimate of drug-likeness (QED) is 0.798. The lowest BCUT2D eigenvalue weighted by Gasteiger charge is -2.29. The van der Waals surface area contributed by atoms with E-state index in [4.69, 9.17) is 0 Å². The number of nitrogens with one attached hydrogen (secondary N) is 1. The average Bonchev–Trinajstić information content (AvgIpc) is 2.60. The van der Waals surface area contributed by atoms with Gasteiger partial charge in [0, 0.05) is 6.54 Å². The summed E-state index contributed by atoms with van der Waals surface area (Å²) in [5, 5.41) is 0. The topological polar surface area (TPSA) is 83.6 Å². The molecule has 1 saturated heterocycles. The number of aryl methyl sites for hydroxylation is 3. The second-order valence-corrected chi connectivity index (χ2v) is 10.8. The number of hydrogen-bond donors (Lipinski definition) is 1. The SMILES string of the molecule is CCc1ccccc1NS(=O)(=O)c1c(C)cc(N2CCCCS2(=O)=O)cc1C. The van der Waals surface area contributed by atoms with Crippen molar-refractivity contribution in [3.8, 4) is 0 Å². The average molecular weight is 423 g/mol. The Balaban J connectivity index is 2.01. The van der Waals surface area contributed by atoms with Gasteiger partial charge in [-0.25, -0.2) is 16.8 Å². The van der Waals surface area contributed by atoms with E-state index in [9.17, 15) is 16.8 Å². The van der Waals surface area contributed by atoms with E-state index in [-0.39, 0.29) is 10.6 Å². The molecule has 152 valence electrons. The Morgan fingerprint density at radius 2 is 1.71 bits per heavy atom. The molecule has 6 nitrogen and oxygen atoms in total. The first-order chi connectivity index (χ1) is 13.2. The van der Waals surface area contributed by atoms with Crippen LogP contribution in [0.3, 0.4) is 0 Å². The summed E-state index contributed by atoms with van der Waals surface area (Å²) in [7, 11) is -7.15. The Labute approximate surface area is 167 Å². The smallest absolute Gasteiger partial charge is 0.262 e. The number of benzene rings is 2. The summed E-state index contributed by atoms with van der Waals surface area (Å²) in [5.74, 6) is 0.125. The van der Waals surface area contributed by atoms with Crippen molar-refractivity contribution in [2.45, 2.75) is 44.9 Å². The zero-order valence-electron chi connectivity index (χ0n) is 16.4. The van der Waals surface area contributed by atoms with Gasteiger partial charge in [0.05, 0.1) is 22.0 Å². The summed E-state index contributed by atoms with van der Waals surface area (Å²) in [4.78, 5) is 0.191. The standard InChI is InChI=1S/C20H26N2O4S2/c1-4-17-9-5-6-10-19(17)21-28(25,26)20-15(2)13-18(14-16(20)3)22-11-7-8-12-27(22,23)24/h5-6,9-10,13-14,21H,4,7-8,11-12H2,1-3H3. The molecular formula is C20H26N2O4S2. The molecule has 1 N–H and O–H groups in total. The first-order valence-electron chi connectivity index (χ1n) is 9.38. The van der Waals surface area contributed by atoms with Gasteiger partial charge in [-0.2, -0.15) is 0 Å². The summed E-state index contributed by atoms with van der Waals surface area (Å²) in [6.45, 7) is 5.80. The first kappa shape index (κ1) is 20.7. The highest BCUT2D eigenvalue weighted by molar-refractivity contribution is 7.93. The van der Waals surface area contributed by atoms with E-state index in [1.165, 1.54) is 4.31 Å². The minimum absolute atomic E-state index is 0.125. The molecule has 8 heteroatoms. The third-order valence-corrected chi connectivity index (χ3v) is 8.53. The molecule has 1 heterocycles. The summed E-state index contributed by atoms with van der Waals surface area (Å²) in [5.41, 5.74) is 3.06. The van der Waals surface area contributed by atoms with Crippen molar-refractivity contribution in [2.75, 3.05) is 21.3 Å².